The van der Waals surface area contributed by atoms with Crippen LogP contribution >= 0.6 is 0 Å². The first-order valence-electron chi connectivity index (χ1n) is 9.96. The molecule has 2 amide bonds. The van der Waals surface area contributed by atoms with Gasteiger partial charge in [-0.05, 0) is 19.9 Å². The van der Waals surface area contributed by atoms with Crippen molar-refractivity contribution in [1.82, 2.24) is 29.5 Å². The fourth-order valence-corrected chi connectivity index (χ4v) is 3.13. The molecule has 1 aromatic carbocycles. The second kappa shape index (κ2) is 8.23. The lowest BCUT2D eigenvalue weighted by Gasteiger charge is -2.17. The predicted molar refractivity (Wildman–Crippen MR) is 118 cm³/mol. The molecule has 0 aliphatic carbocycles. The summed E-state index contributed by atoms with van der Waals surface area (Å²) >= 11 is 0. The van der Waals surface area contributed by atoms with Gasteiger partial charge in [-0.15, -0.1) is 0 Å². The highest BCUT2D eigenvalue weighted by Gasteiger charge is 2.24. The van der Waals surface area contributed by atoms with Crippen LogP contribution in [0.4, 0.5) is 5.82 Å². The molecule has 0 aliphatic heterocycles. The second-order valence-electron chi connectivity index (χ2n) is 7.99. The standard InChI is InChI=1S/C22H23N7O3/c1-22(2,32)13-23-19(30)15-11-24-28(3)18(15)20(31)26-17-9-10-29-12-16(25-21(29)27-17)14-7-5-4-6-8-14/h4-12,32H,13H2,1-3H3,(H,23,30)(H,25,26,27,31). The molecule has 0 fully saturated rings. The van der Waals surface area contributed by atoms with E-state index in [1.165, 1.54) is 10.9 Å². The molecular weight excluding hydrogens is 410 g/mol. The first-order chi connectivity index (χ1) is 15.2. The summed E-state index contributed by atoms with van der Waals surface area (Å²) in [5, 5.41) is 19.2. The Bertz CT molecular complexity index is 1290. The van der Waals surface area contributed by atoms with Gasteiger partial charge >= 0.3 is 0 Å². The Hall–Kier alpha value is -4.05. The van der Waals surface area contributed by atoms with E-state index < -0.39 is 17.4 Å². The van der Waals surface area contributed by atoms with Gasteiger partial charge in [0.15, 0.2) is 0 Å². The quantitative estimate of drug-likeness (QED) is 0.426. The van der Waals surface area contributed by atoms with Crippen molar-refractivity contribution in [2.24, 2.45) is 7.05 Å². The van der Waals surface area contributed by atoms with Crippen LogP contribution in [0.15, 0.2) is 55.0 Å². The van der Waals surface area contributed by atoms with E-state index >= 15 is 0 Å². The number of rotatable bonds is 6. The SMILES string of the molecule is Cn1ncc(C(=O)NCC(C)(C)O)c1C(=O)Nc1ccn2cc(-c3ccccc3)nc2n1. The fourth-order valence-electron chi connectivity index (χ4n) is 3.13. The molecule has 0 bridgehead atoms. The summed E-state index contributed by atoms with van der Waals surface area (Å²) in [7, 11) is 1.57. The zero-order valence-corrected chi connectivity index (χ0v) is 17.9. The van der Waals surface area contributed by atoms with E-state index in [2.05, 4.69) is 25.7 Å². The topological polar surface area (TPSA) is 126 Å². The lowest BCUT2D eigenvalue weighted by molar-refractivity contribution is 0.0693. The molecule has 0 aliphatic rings. The number of hydrogen-bond acceptors (Lipinski definition) is 6. The molecule has 0 unspecified atom stereocenters. The third-order valence-electron chi connectivity index (χ3n) is 4.72. The van der Waals surface area contributed by atoms with Gasteiger partial charge in [0, 0.05) is 31.5 Å². The summed E-state index contributed by atoms with van der Waals surface area (Å²) in [6.07, 6.45) is 4.92. The van der Waals surface area contributed by atoms with Crippen LogP contribution in [0.1, 0.15) is 34.7 Å². The third-order valence-corrected chi connectivity index (χ3v) is 4.72. The van der Waals surface area contributed by atoms with Gasteiger partial charge in [0.05, 0.1) is 23.1 Å². The summed E-state index contributed by atoms with van der Waals surface area (Å²) in [4.78, 5) is 34.3. The molecule has 0 atom stereocenters. The molecular formula is C22H23N7O3. The van der Waals surface area contributed by atoms with E-state index in [9.17, 15) is 14.7 Å². The zero-order valence-electron chi connectivity index (χ0n) is 17.9. The number of nitrogens with zero attached hydrogens (tertiary/aromatic N) is 5. The molecule has 32 heavy (non-hydrogen) atoms. The number of aryl methyl sites for hydroxylation is 1. The lowest BCUT2D eigenvalue weighted by atomic mass is 10.1. The van der Waals surface area contributed by atoms with Gasteiger partial charge in [-0.2, -0.15) is 10.1 Å². The van der Waals surface area contributed by atoms with Crippen molar-refractivity contribution in [2.75, 3.05) is 11.9 Å². The highest BCUT2D eigenvalue weighted by Crippen LogP contribution is 2.19. The number of amides is 2. The van der Waals surface area contributed by atoms with E-state index in [0.29, 0.717) is 5.78 Å². The first-order valence-corrected chi connectivity index (χ1v) is 9.96. The largest absolute Gasteiger partial charge is 0.389 e. The van der Waals surface area contributed by atoms with Crippen molar-refractivity contribution in [2.45, 2.75) is 19.4 Å². The molecule has 10 nitrogen and oxygen atoms in total. The summed E-state index contributed by atoms with van der Waals surface area (Å²) in [6, 6.07) is 11.4. The number of fused-ring (bicyclic) bond motifs is 1. The Labute approximate surface area is 183 Å². The van der Waals surface area contributed by atoms with Gasteiger partial charge in [-0.1, -0.05) is 30.3 Å². The number of imidazole rings is 1. The molecule has 3 heterocycles. The van der Waals surface area contributed by atoms with E-state index in [0.717, 1.165) is 11.3 Å². The van der Waals surface area contributed by atoms with Crippen LogP contribution in [0.5, 0.6) is 0 Å². The highest BCUT2D eigenvalue weighted by molar-refractivity contribution is 6.10. The number of benzene rings is 1. The van der Waals surface area contributed by atoms with Crippen molar-refractivity contribution >= 4 is 23.4 Å². The maximum absolute atomic E-state index is 12.9. The van der Waals surface area contributed by atoms with Crippen LogP contribution in [-0.4, -0.2) is 53.2 Å². The van der Waals surface area contributed by atoms with Crippen LogP contribution in [0.3, 0.4) is 0 Å². The molecule has 0 radical (unpaired) electrons. The molecule has 0 saturated carbocycles. The Kier molecular flexibility index (Phi) is 5.45. The van der Waals surface area contributed by atoms with Gasteiger partial charge in [0.2, 0.25) is 5.78 Å². The average Bonchev–Trinajstić information content (AvgIpc) is 3.35. The van der Waals surface area contributed by atoms with Crippen molar-refractivity contribution in [3.8, 4) is 11.3 Å². The monoisotopic (exact) mass is 433 g/mol. The number of carbonyl (C=O) groups excluding carboxylic acids is 2. The van der Waals surface area contributed by atoms with E-state index in [-0.39, 0.29) is 23.6 Å². The molecule has 3 N–H and O–H groups in total. The number of aliphatic hydroxyl groups is 1. The van der Waals surface area contributed by atoms with Gasteiger partial charge in [0.1, 0.15) is 11.5 Å². The highest BCUT2D eigenvalue weighted by atomic mass is 16.3. The molecule has 10 heteroatoms. The zero-order chi connectivity index (χ0) is 22.9. The molecule has 4 rings (SSSR count). The molecule has 164 valence electrons. The van der Waals surface area contributed by atoms with Gasteiger partial charge in [-0.25, -0.2) is 4.98 Å². The number of anilines is 1. The number of nitrogens with one attached hydrogen (secondary N) is 2. The Morgan fingerprint density at radius 2 is 1.84 bits per heavy atom. The number of hydrogen-bond donors (Lipinski definition) is 3. The normalized spacial score (nSPS) is 11.5. The minimum absolute atomic E-state index is 0.0314. The van der Waals surface area contributed by atoms with Crippen LogP contribution < -0.4 is 10.6 Å². The van der Waals surface area contributed by atoms with Crippen LogP contribution in [0, 0.1) is 0 Å². The third kappa shape index (κ3) is 4.49. The summed E-state index contributed by atoms with van der Waals surface area (Å²) < 4.78 is 3.08. The summed E-state index contributed by atoms with van der Waals surface area (Å²) in [5.41, 5.74) is 0.817. The summed E-state index contributed by atoms with van der Waals surface area (Å²) in [5.74, 6) is -0.328. The average molecular weight is 433 g/mol. The van der Waals surface area contributed by atoms with Crippen molar-refractivity contribution in [1.29, 1.82) is 0 Å². The van der Waals surface area contributed by atoms with Crippen LogP contribution in [0.25, 0.3) is 17.0 Å². The lowest BCUT2D eigenvalue weighted by Crippen LogP contribution is -2.38. The minimum atomic E-state index is -1.08. The number of carbonyl (C=O) groups is 2. The van der Waals surface area contributed by atoms with Crippen molar-refractivity contribution in [3.05, 3.63) is 66.2 Å². The van der Waals surface area contributed by atoms with E-state index in [4.69, 9.17) is 0 Å². The maximum Gasteiger partial charge on any atom is 0.275 e. The van der Waals surface area contributed by atoms with Crippen molar-refractivity contribution in [3.63, 3.8) is 0 Å². The van der Waals surface area contributed by atoms with E-state index in [1.807, 2.05) is 36.5 Å². The Morgan fingerprint density at radius 3 is 2.56 bits per heavy atom. The second-order valence-corrected chi connectivity index (χ2v) is 7.99. The van der Waals surface area contributed by atoms with Crippen LogP contribution in [-0.2, 0) is 7.05 Å². The Balaban J connectivity index is 1.55. The molecule has 3 aromatic heterocycles. The number of aromatic nitrogens is 5. The van der Waals surface area contributed by atoms with Crippen LogP contribution in [0.2, 0.25) is 0 Å². The smallest absolute Gasteiger partial charge is 0.275 e. The first kappa shape index (κ1) is 21.2. The van der Waals surface area contributed by atoms with E-state index in [1.54, 1.807) is 37.6 Å². The van der Waals surface area contributed by atoms with Gasteiger partial charge in [-0.3, -0.25) is 18.7 Å². The maximum atomic E-state index is 12.9. The fraction of sp³-hybridized carbons (Fsp3) is 0.227. The predicted octanol–water partition coefficient (Wildman–Crippen LogP) is 1.88. The van der Waals surface area contributed by atoms with Gasteiger partial charge < -0.3 is 15.7 Å². The van der Waals surface area contributed by atoms with Crippen molar-refractivity contribution < 1.29 is 14.7 Å². The minimum Gasteiger partial charge on any atom is -0.389 e. The molecule has 0 spiro atoms. The van der Waals surface area contributed by atoms with Gasteiger partial charge in [0.25, 0.3) is 11.8 Å². The summed E-state index contributed by atoms with van der Waals surface area (Å²) in [6.45, 7) is 3.18. The molecule has 4 aromatic rings. The molecule has 0 saturated heterocycles. The Morgan fingerprint density at radius 1 is 1.09 bits per heavy atom.